The fraction of sp³-hybridized carbons (Fsp3) is 0.421. The molecule has 2 rings (SSSR count). The van der Waals surface area contributed by atoms with Crippen LogP contribution in [0.15, 0.2) is 41.4 Å². The second-order valence-corrected chi connectivity index (χ2v) is 6.84. The van der Waals surface area contributed by atoms with E-state index in [-0.39, 0.29) is 0 Å². The Labute approximate surface area is 153 Å². The van der Waals surface area contributed by atoms with Gasteiger partial charge in [0.05, 0.1) is 19.8 Å². The third-order valence-corrected chi connectivity index (χ3v) is 4.98. The van der Waals surface area contributed by atoms with Gasteiger partial charge >= 0.3 is 0 Å². The summed E-state index contributed by atoms with van der Waals surface area (Å²) in [6.07, 6.45) is 0.448. The van der Waals surface area contributed by atoms with Crippen LogP contribution in [0.25, 0.3) is 0 Å². The molecule has 25 heavy (non-hydrogen) atoms. The Morgan fingerprint density at radius 2 is 1.84 bits per heavy atom. The van der Waals surface area contributed by atoms with Gasteiger partial charge in [-0.2, -0.15) is 0 Å². The SMILES string of the molecule is CCNC(=NCc1ccc(CC)s1)NCC(O)c1ccc(OC)cc1. The summed E-state index contributed by atoms with van der Waals surface area (Å²) in [5.74, 6) is 1.49. The largest absolute Gasteiger partial charge is 0.497 e. The van der Waals surface area contributed by atoms with Crippen molar-refractivity contribution in [1.82, 2.24) is 10.6 Å². The van der Waals surface area contributed by atoms with Gasteiger partial charge in [0.15, 0.2) is 5.96 Å². The van der Waals surface area contributed by atoms with Crippen LogP contribution in [-0.4, -0.2) is 31.3 Å². The summed E-state index contributed by atoms with van der Waals surface area (Å²) in [7, 11) is 1.63. The Morgan fingerprint density at radius 1 is 1.12 bits per heavy atom. The van der Waals surface area contributed by atoms with E-state index in [9.17, 15) is 5.11 Å². The van der Waals surface area contributed by atoms with E-state index >= 15 is 0 Å². The zero-order valence-corrected chi connectivity index (χ0v) is 15.9. The number of aliphatic imine (C=N–C) groups is 1. The van der Waals surface area contributed by atoms with Crippen molar-refractivity contribution in [3.05, 3.63) is 51.7 Å². The number of benzene rings is 1. The van der Waals surface area contributed by atoms with Gasteiger partial charge in [0.1, 0.15) is 5.75 Å². The zero-order chi connectivity index (χ0) is 18.1. The first-order valence-corrected chi connectivity index (χ1v) is 9.39. The highest BCUT2D eigenvalue weighted by molar-refractivity contribution is 7.11. The molecule has 1 unspecified atom stereocenters. The summed E-state index contributed by atoms with van der Waals surface area (Å²) in [6, 6.07) is 11.7. The number of hydrogen-bond donors (Lipinski definition) is 3. The van der Waals surface area contributed by atoms with Crippen LogP contribution in [0.2, 0.25) is 0 Å². The van der Waals surface area contributed by atoms with Crippen molar-refractivity contribution < 1.29 is 9.84 Å². The summed E-state index contributed by atoms with van der Waals surface area (Å²) in [4.78, 5) is 7.21. The lowest BCUT2D eigenvalue weighted by atomic mass is 10.1. The first kappa shape index (κ1) is 19.3. The van der Waals surface area contributed by atoms with E-state index in [1.165, 1.54) is 9.75 Å². The third kappa shape index (κ3) is 6.07. The highest BCUT2D eigenvalue weighted by Gasteiger charge is 2.09. The van der Waals surface area contributed by atoms with E-state index < -0.39 is 6.10 Å². The van der Waals surface area contributed by atoms with Crippen LogP contribution in [0, 0.1) is 0 Å². The molecule has 1 heterocycles. The second kappa shape index (κ2) is 10.1. The van der Waals surface area contributed by atoms with Crippen molar-refractivity contribution in [3.8, 4) is 5.75 Å². The standard InChI is InChI=1S/C19H27N3O2S/c1-4-16-10-11-17(25-16)12-21-19(20-5-2)22-13-18(23)14-6-8-15(24-3)9-7-14/h6-11,18,23H,4-5,12-13H2,1-3H3,(H2,20,21,22). The minimum atomic E-state index is -0.608. The van der Waals surface area contributed by atoms with Gasteiger partial charge in [0.25, 0.3) is 0 Å². The maximum atomic E-state index is 10.3. The van der Waals surface area contributed by atoms with Crippen LogP contribution in [0.3, 0.4) is 0 Å². The van der Waals surface area contributed by atoms with E-state index in [1.54, 1.807) is 18.4 Å². The first-order chi connectivity index (χ1) is 12.2. The molecule has 0 saturated heterocycles. The molecule has 0 fully saturated rings. The van der Waals surface area contributed by atoms with Crippen LogP contribution >= 0.6 is 11.3 Å². The van der Waals surface area contributed by atoms with Gasteiger partial charge in [0, 0.05) is 22.8 Å². The highest BCUT2D eigenvalue weighted by atomic mass is 32.1. The summed E-state index contributed by atoms with van der Waals surface area (Å²) in [6.45, 7) is 5.99. The third-order valence-electron chi connectivity index (χ3n) is 3.77. The molecule has 0 aliphatic heterocycles. The molecule has 0 spiro atoms. The van der Waals surface area contributed by atoms with Gasteiger partial charge in [-0.3, -0.25) is 0 Å². The van der Waals surface area contributed by atoms with Gasteiger partial charge < -0.3 is 20.5 Å². The van der Waals surface area contributed by atoms with Crippen molar-refractivity contribution in [1.29, 1.82) is 0 Å². The highest BCUT2D eigenvalue weighted by Crippen LogP contribution is 2.18. The van der Waals surface area contributed by atoms with Crippen LogP contribution in [0.4, 0.5) is 0 Å². The lowest BCUT2D eigenvalue weighted by Gasteiger charge is -2.15. The van der Waals surface area contributed by atoms with Crippen molar-refractivity contribution >= 4 is 17.3 Å². The molecule has 0 bridgehead atoms. The fourth-order valence-electron chi connectivity index (χ4n) is 2.33. The molecular weight excluding hydrogens is 334 g/mol. The van der Waals surface area contributed by atoms with E-state index in [0.717, 1.165) is 24.3 Å². The Balaban J connectivity index is 1.91. The molecule has 2 aromatic rings. The number of ether oxygens (including phenoxy) is 1. The minimum absolute atomic E-state index is 0.392. The molecular formula is C19H27N3O2S. The van der Waals surface area contributed by atoms with E-state index in [4.69, 9.17) is 4.74 Å². The van der Waals surface area contributed by atoms with Crippen molar-refractivity contribution in [2.45, 2.75) is 32.9 Å². The maximum absolute atomic E-state index is 10.3. The number of guanidine groups is 1. The number of hydrogen-bond acceptors (Lipinski definition) is 4. The lowest BCUT2D eigenvalue weighted by molar-refractivity contribution is 0.180. The topological polar surface area (TPSA) is 65.9 Å². The monoisotopic (exact) mass is 361 g/mol. The van der Waals surface area contributed by atoms with Crippen molar-refractivity contribution in [2.75, 3.05) is 20.2 Å². The Hall–Kier alpha value is -2.05. The minimum Gasteiger partial charge on any atom is -0.497 e. The van der Waals surface area contributed by atoms with Crippen molar-refractivity contribution in [3.63, 3.8) is 0 Å². The summed E-state index contributed by atoms with van der Waals surface area (Å²) in [5, 5.41) is 16.7. The quantitative estimate of drug-likeness (QED) is 0.499. The number of aliphatic hydroxyl groups excluding tert-OH is 1. The average molecular weight is 362 g/mol. The molecule has 1 aromatic carbocycles. The first-order valence-electron chi connectivity index (χ1n) is 8.58. The van der Waals surface area contributed by atoms with Gasteiger partial charge in [0.2, 0.25) is 0 Å². The molecule has 6 heteroatoms. The smallest absolute Gasteiger partial charge is 0.191 e. The Morgan fingerprint density at radius 3 is 2.44 bits per heavy atom. The average Bonchev–Trinajstić information content (AvgIpc) is 3.12. The van der Waals surface area contributed by atoms with Crippen molar-refractivity contribution in [2.24, 2.45) is 4.99 Å². The van der Waals surface area contributed by atoms with Crippen LogP contribution < -0.4 is 15.4 Å². The van der Waals surface area contributed by atoms with Gasteiger partial charge in [-0.1, -0.05) is 19.1 Å². The van der Waals surface area contributed by atoms with Crippen LogP contribution in [0.1, 0.15) is 35.3 Å². The molecule has 3 N–H and O–H groups in total. The molecule has 0 aliphatic rings. The van der Waals surface area contributed by atoms with E-state index in [2.05, 4.69) is 34.7 Å². The molecule has 0 amide bonds. The van der Waals surface area contributed by atoms with E-state index in [0.29, 0.717) is 19.0 Å². The fourth-order valence-corrected chi connectivity index (χ4v) is 3.22. The Kier molecular flexibility index (Phi) is 7.76. The number of rotatable bonds is 8. The molecule has 0 aliphatic carbocycles. The Bertz CT molecular complexity index is 668. The van der Waals surface area contributed by atoms with Gasteiger partial charge in [-0.25, -0.2) is 4.99 Å². The number of nitrogens with one attached hydrogen (secondary N) is 2. The van der Waals surface area contributed by atoms with Crippen LogP contribution in [0.5, 0.6) is 5.75 Å². The second-order valence-electron chi connectivity index (χ2n) is 5.59. The molecule has 0 radical (unpaired) electrons. The number of methoxy groups -OCH3 is 1. The van der Waals surface area contributed by atoms with Crippen LogP contribution in [-0.2, 0) is 13.0 Å². The van der Waals surface area contributed by atoms with Gasteiger partial charge in [-0.05, 0) is 43.2 Å². The predicted octanol–water partition coefficient (Wildman–Crippen LogP) is 3.11. The van der Waals surface area contributed by atoms with Gasteiger partial charge in [-0.15, -0.1) is 11.3 Å². The molecule has 5 nitrogen and oxygen atoms in total. The van der Waals surface area contributed by atoms with E-state index in [1.807, 2.05) is 31.2 Å². The molecule has 1 aromatic heterocycles. The predicted molar refractivity (Wildman–Crippen MR) is 104 cm³/mol. The maximum Gasteiger partial charge on any atom is 0.191 e. The summed E-state index contributed by atoms with van der Waals surface area (Å²) >= 11 is 1.79. The summed E-state index contributed by atoms with van der Waals surface area (Å²) < 4.78 is 5.14. The zero-order valence-electron chi connectivity index (χ0n) is 15.1. The number of aryl methyl sites for hydroxylation is 1. The number of thiophene rings is 1. The molecule has 0 saturated carbocycles. The number of nitrogens with zero attached hydrogens (tertiary/aromatic N) is 1. The number of aliphatic hydroxyl groups is 1. The molecule has 1 atom stereocenters. The molecule has 136 valence electrons. The normalized spacial score (nSPS) is 12.7. The summed E-state index contributed by atoms with van der Waals surface area (Å²) in [5.41, 5.74) is 0.843. The lowest BCUT2D eigenvalue weighted by Crippen LogP contribution is -2.39.